The Morgan fingerprint density at radius 3 is 2.59 bits per heavy atom. The van der Waals surface area contributed by atoms with Gasteiger partial charge < -0.3 is 4.79 Å². The normalized spacial score (nSPS) is 25.8. The Morgan fingerprint density at radius 1 is 1.35 bits per heavy atom. The molecular weight excluding hydrogens is 212 g/mol. The Bertz CT molecular complexity index is 410. The minimum atomic E-state index is -0.401. The summed E-state index contributed by atoms with van der Waals surface area (Å²) in [4.78, 5) is 23.1. The summed E-state index contributed by atoms with van der Waals surface area (Å²) in [6.07, 6.45) is 4.09. The van der Waals surface area contributed by atoms with Crippen LogP contribution in [0.25, 0.3) is 0 Å². The van der Waals surface area contributed by atoms with Crippen molar-refractivity contribution in [2.24, 2.45) is 5.92 Å². The molecule has 0 aliphatic heterocycles. The van der Waals surface area contributed by atoms with Gasteiger partial charge in [0, 0.05) is 12.3 Å². The Kier molecular flexibility index (Phi) is 3.41. The average molecular weight is 230 g/mol. The van der Waals surface area contributed by atoms with Crippen LogP contribution in [0, 0.1) is 5.92 Å². The Hall–Kier alpha value is -1.44. The number of benzene rings is 1. The van der Waals surface area contributed by atoms with Crippen LogP contribution < -0.4 is 0 Å². The van der Waals surface area contributed by atoms with Gasteiger partial charge in [-0.05, 0) is 24.8 Å². The first kappa shape index (κ1) is 12.0. The van der Waals surface area contributed by atoms with Gasteiger partial charge >= 0.3 is 0 Å². The average Bonchev–Trinajstić information content (AvgIpc) is 2.73. The van der Waals surface area contributed by atoms with E-state index < -0.39 is 5.41 Å². The molecule has 1 saturated carbocycles. The summed E-state index contributed by atoms with van der Waals surface area (Å²) < 4.78 is 0. The van der Waals surface area contributed by atoms with E-state index in [0.717, 1.165) is 24.7 Å². The van der Waals surface area contributed by atoms with E-state index >= 15 is 0 Å². The van der Waals surface area contributed by atoms with Crippen LogP contribution in [0.15, 0.2) is 30.3 Å². The first-order valence-electron chi connectivity index (χ1n) is 6.23. The molecule has 1 fully saturated rings. The third kappa shape index (κ3) is 2.17. The summed E-state index contributed by atoms with van der Waals surface area (Å²) in [6.45, 7) is 1.89. The van der Waals surface area contributed by atoms with Crippen LogP contribution in [0.1, 0.15) is 38.2 Å². The molecule has 2 rings (SSSR count). The van der Waals surface area contributed by atoms with E-state index in [1.807, 2.05) is 37.3 Å². The Labute approximate surface area is 102 Å². The third-order valence-corrected chi connectivity index (χ3v) is 3.77. The smallest absolute Gasteiger partial charge is 0.143 e. The first-order chi connectivity index (χ1) is 8.19. The van der Waals surface area contributed by atoms with Gasteiger partial charge in [-0.3, -0.25) is 4.79 Å². The van der Waals surface area contributed by atoms with Crippen molar-refractivity contribution in [2.75, 3.05) is 0 Å². The Morgan fingerprint density at radius 2 is 2.06 bits per heavy atom. The summed E-state index contributed by atoms with van der Waals surface area (Å²) in [6, 6.07) is 9.92. The largest absolute Gasteiger partial charge is 0.303 e. The maximum absolute atomic E-state index is 12.2. The van der Waals surface area contributed by atoms with Crippen molar-refractivity contribution in [3.05, 3.63) is 35.9 Å². The highest BCUT2D eigenvalue weighted by atomic mass is 16.1. The summed E-state index contributed by atoms with van der Waals surface area (Å²) in [5.41, 5.74) is 0.679. The van der Waals surface area contributed by atoms with Gasteiger partial charge in [0.15, 0.2) is 0 Å². The van der Waals surface area contributed by atoms with Crippen LogP contribution >= 0.6 is 0 Å². The molecule has 1 aliphatic rings. The lowest BCUT2D eigenvalue weighted by molar-refractivity contribution is -0.123. The molecule has 1 aliphatic carbocycles. The second-order valence-corrected chi connectivity index (χ2v) is 5.04. The zero-order chi connectivity index (χ0) is 12.3. The topological polar surface area (TPSA) is 34.1 Å². The van der Waals surface area contributed by atoms with Gasteiger partial charge in [-0.2, -0.15) is 0 Å². The number of ketones is 1. The van der Waals surface area contributed by atoms with Crippen molar-refractivity contribution in [1.29, 1.82) is 0 Å². The van der Waals surface area contributed by atoms with E-state index in [4.69, 9.17) is 0 Å². The van der Waals surface area contributed by atoms with Gasteiger partial charge in [-0.1, -0.05) is 37.3 Å². The van der Waals surface area contributed by atoms with Crippen molar-refractivity contribution < 1.29 is 9.59 Å². The minimum absolute atomic E-state index is 0.0581. The van der Waals surface area contributed by atoms with Gasteiger partial charge in [0.25, 0.3) is 0 Å². The number of carbonyl (C=O) groups excluding carboxylic acids is 2. The highest BCUT2D eigenvalue weighted by Gasteiger charge is 2.43. The first-order valence-corrected chi connectivity index (χ1v) is 6.23. The fourth-order valence-corrected chi connectivity index (χ4v) is 2.92. The zero-order valence-corrected chi connectivity index (χ0v) is 10.2. The highest BCUT2D eigenvalue weighted by Crippen LogP contribution is 2.42. The second kappa shape index (κ2) is 4.82. The quantitative estimate of drug-likeness (QED) is 0.745. The lowest BCUT2D eigenvalue weighted by Gasteiger charge is -2.29. The lowest BCUT2D eigenvalue weighted by Crippen LogP contribution is -2.33. The molecule has 0 radical (unpaired) electrons. The molecule has 0 amide bonds. The van der Waals surface area contributed by atoms with Crippen molar-refractivity contribution >= 4 is 12.1 Å². The molecule has 2 heteroatoms. The van der Waals surface area contributed by atoms with E-state index in [1.165, 1.54) is 0 Å². The van der Waals surface area contributed by atoms with E-state index in [-0.39, 0.29) is 5.92 Å². The molecule has 2 atom stereocenters. The molecule has 0 bridgehead atoms. The van der Waals surface area contributed by atoms with Gasteiger partial charge in [-0.25, -0.2) is 0 Å². The molecule has 0 unspecified atom stereocenters. The molecule has 0 saturated heterocycles. The monoisotopic (exact) mass is 230 g/mol. The molecule has 0 heterocycles. The summed E-state index contributed by atoms with van der Waals surface area (Å²) in [5, 5.41) is 0. The highest BCUT2D eigenvalue weighted by molar-refractivity contribution is 5.92. The second-order valence-electron chi connectivity index (χ2n) is 5.04. The van der Waals surface area contributed by atoms with E-state index in [1.54, 1.807) is 0 Å². The van der Waals surface area contributed by atoms with E-state index in [0.29, 0.717) is 18.6 Å². The fourth-order valence-electron chi connectivity index (χ4n) is 2.92. The van der Waals surface area contributed by atoms with Gasteiger partial charge in [0.05, 0.1) is 5.41 Å². The number of hydrogen-bond acceptors (Lipinski definition) is 2. The molecule has 90 valence electrons. The van der Waals surface area contributed by atoms with Crippen LogP contribution in [0.4, 0.5) is 0 Å². The van der Waals surface area contributed by atoms with Crippen molar-refractivity contribution in [1.82, 2.24) is 0 Å². The summed E-state index contributed by atoms with van der Waals surface area (Å²) in [5.74, 6) is 0.245. The Balaban J connectivity index is 2.37. The van der Waals surface area contributed by atoms with Gasteiger partial charge in [-0.15, -0.1) is 0 Å². The number of carbonyl (C=O) groups is 2. The third-order valence-electron chi connectivity index (χ3n) is 3.77. The van der Waals surface area contributed by atoms with Gasteiger partial charge in [0.1, 0.15) is 12.1 Å². The maximum Gasteiger partial charge on any atom is 0.143 e. The SMILES string of the molecule is C[C@H](C=O)C[C@]1(c2ccccc2)CCCC1=O. The molecule has 0 N–H and O–H groups in total. The molecule has 1 aromatic carbocycles. The standard InChI is InChI=1S/C15H18O2/c1-12(11-16)10-15(9-5-8-14(15)17)13-6-3-2-4-7-13/h2-4,6-7,11-12H,5,8-10H2,1H3/t12-,15-/m0/s1. The minimum Gasteiger partial charge on any atom is -0.303 e. The predicted octanol–water partition coefficient (Wildman–Crippen LogP) is 2.90. The molecule has 1 aromatic rings. The summed E-state index contributed by atoms with van der Waals surface area (Å²) >= 11 is 0. The van der Waals surface area contributed by atoms with Crippen LogP contribution in [0.5, 0.6) is 0 Å². The van der Waals surface area contributed by atoms with Crippen LogP contribution in [0.2, 0.25) is 0 Å². The van der Waals surface area contributed by atoms with Crippen molar-refractivity contribution in [3.63, 3.8) is 0 Å². The van der Waals surface area contributed by atoms with Crippen LogP contribution in [-0.2, 0) is 15.0 Å². The molecule has 0 spiro atoms. The lowest BCUT2D eigenvalue weighted by atomic mass is 9.72. The van der Waals surface area contributed by atoms with E-state index in [9.17, 15) is 9.59 Å². The summed E-state index contributed by atoms with van der Waals surface area (Å²) in [7, 11) is 0. The molecule has 0 aromatic heterocycles. The number of aldehydes is 1. The van der Waals surface area contributed by atoms with Gasteiger partial charge in [0.2, 0.25) is 0 Å². The number of rotatable bonds is 4. The van der Waals surface area contributed by atoms with Crippen LogP contribution in [-0.4, -0.2) is 12.1 Å². The zero-order valence-electron chi connectivity index (χ0n) is 10.2. The molecule has 2 nitrogen and oxygen atoms in total. The fraction of sp³-hybridized carbons (Fsp3) is 0.467. The number of hydrogen-bond donors (Lipinski definition) is 0. The van der Waals surface area contributed by atoms with Crippen LogP contribution in [0.3, 0.4) is 0 Å². The maximum atomic E-state index is 12.2. The number of Topliss-reactive ketones (excluding diaryl/α,β-unsaturated/α-hetero) is 1. The van der Waals surface area contributed by atoms with Crippen molar-refractivity contribution in [2.45, 2.75) is 38.0 Å². The van der Waals surface area contributed by atoms with Crippen molar-refractivity contribution in [3.8, 4) is 0 Å². The predicted molar refractivity (Wildman–Crippen MR) is 66.8 cm³/mol. The molecule has 17 heavy (non-hydrogen) atoms. The van der Waals surface area contributed by atoms with E-state index in [2.05, 4.69) is 0 Å². The molecular formula is C15H18O2.